The largest absolute Gasteiger partial charge is 0.361 e. The van der Waals surface area contributed by atoms with E-state index in [2.05, 4.69) is 46.9 Å². The van der Waals surface area contributed by atoms with Gasteiger partial charge in [0, 0.05) is 42.1 Å². The lowest BCUT2D eigenvalue weighted by molar-refractivity contribution is -0.122. The third kappa shape index (κ3) is 3.20. The van der Waals surface area contributed by atoms with Crippen molar-refractivity contribution in [2.75, 3.05) is 6.54 Å². The van der Waals surface area contributed by atoms with Crippen molar-refractivity contribution in [3.8, 4) is 0 Å². The number of hydrogen-bond donors (Lipinski definition) is 3. The summed E-state index contributed by atoms with van der Waals surface area (Å²) in [7, 11) is 0. The van der Waals surface area contributed by atoms with Crippen LogP contribution in [0.5, 0.6) is 0 Å². The van der Waals surface area contributed by atoms with E-state index in [9.17, 15) is 4.79 Å². The lowest BCUT2D eigenvalue weighted by Gasteiger charge is -2.28. The first-order valence-corrected chi connectivity index (χ1v) is 9.27. The van der Waals surface area contributed by atoms with Crippen molar-refractivity contribution < 1.29 is 4.79 Å². The fourth-order valence-corrected chi connectivity index (χ4v) is 4.66. The molecule has 2 bridgehead atoms. The maximum Gasteiger partial charge on any atom is 0.220 e. The van der Waals surface area contributed by atoms with Gasteiger partial charge in [-0.05, 0) is 62.1 Å². The Kier molecular flexibility index (Phi) is 4.31. The maximum absolute atomic E-state index is 12.3. The van der Waals surface area contributed by atoms with Crippen LogP contribution in [-0.2, 0) is 11.2 Å². The van der Waals surface area contributed by atoms with Crippen molar-refractivity contribution in [2.45, 2.75) is 57.5 Å². The Morgan fingerprint density at radius 3 is 2.83 bits per heavy atom. The van der Waals surface area contributed by atoms with Gasteiger partial charge in [0.2, 0.25) is 5.91 Å². The Labute approximate surface area is 143 Å². The highest BCUT2D eigenvalue weighted by atomic mass is 16.1. The van der Waals surface area contributed by atoms with Crippen LogP contribution in [0.15, 0.2) is 24.4 Å². The highest BCUT2D eigenvalue weighted by molar-refractivity contribution is 5.86. The number of benzene rings is 1. The number of amides is 1. The molecule has 1 aromatic heterocycles. The molecular formula is C20H27N3O. The Morgan fingerprint density at radius 1 is 1.25 bits per heavy atom. The molecule has 128 valence electrons. The van der Waals surface area contributed by atoms with Gasteiger partial charge in [-0.25, -0.2) is 0 Å². The van der Waals surface area contributed by atoms with Crippen molar-refractivity contribution in [3.63, 3.8) is 0 Å². The van der Waals surface area contributed by atoms with Crippen LogP contribution in [0.25, 0.3) is 10.9 Å². The number of fused-ring (bicyclic) bond motifs is 3. The zero-order chi connectivity index (χ0) is 16.5. The second-order valence-electron chi connectivity index (χ2n) is 7.59. The zero-order valence-corrected chi connectivity index (χ0v) is 14.4. The molecule has 2 aliphatic heterocycles. The van der Waals surface area contributed by atoms with E-state index in [1.165, 1.54) is 47.7 Å². The molecule has 3 N–H and O–H groups in total. The first-order valence-electron chi connectivity index (χ1n) is 9.27. The predicted molar refractivity (Wildman–Crippen MR) is 97.0 cm³/mol. The Bertz CT molecular complexity index is 724. The molecule has 2 aromatic rings. The summed E-state index contributed by atoms with van der Waals surface area (Å²) in [4.78, 5) is 15.6. The fourth-order valence-electron chi connectivity index (χ4n) is 4.66. The Morgan fingerprint density at radius 2 is 2.04 bits per heavy atom. The number of aryl methyl sites for hydroxylation is 1. The number of hydrogen-bond acceptors (Lipinski definition) is 2. The van der Waals surface area contributed by atoms with Crippen LogP contribution in [-0.4, -0.2) is 29.5 Å². The molecule has 4 nitrogen and oxygen atoms in total. The molecule has 2 saturated heterocycles. The van der Waals surface area contributed by atoms with Gasteiger partial charge in [0.1, 0.15) is 0 Å². The topological polar surface area (TPSA) is 56.9 Å². The molecule has 3 heterocycles. The van der Waals surface area contributed by atoms with E-state index < -0.39 is 0 Å². The van der Waals surface area contributed by atoms with Crippen LogP contribution >= 0.6 is 0 Å². The monoisotopic (exact) mass is 325 g/mol. The maximum atomic E-state index is 12.3. The van der Waals surface area contributed by atoms with Crippen LogP contribution < -0.4 is 10.6 Å². The first-order chi connectivity index (χ1) is 11.7. The van der Waals surface area contributed by atoms with Crippen LogP contribution in [0.4, 0.5) is 0 Å². The van der Waals surface area contributed by atoms with Gasteiger partial charge in [-0.15, -0.1) is 0 Å². The third-order valence-electron chi connectivity index (χ3n) is 5.76. The number of piperidine rings is 1. The molecule has 4 heteroatoms. The highest BCUT2D eigenvalue weighted by Gasteiger charge is 2.34. The molecular weight excluding hydrogens is 298 g/mol. The minimum Gasteiger partial charge on any atom is -0.361 e. The van der Waals surface area contributed by atoms with E-state index in [0.29, 0.717) is 24.4 Å². The molecule has 4 rings (SSSR count). The van der Waals surface area contributed by atoms with Gasteiger partial charge in [-0.2, -0.15) is 0 Å². The van der Waals surface area contributed by atoms with Crippen molar-refractivity contribution in [1.29, 1.82) is 0 Å². The predicted octanol–water partition coefficient (Wildman–Crippen LogP) is 3.06. The van der Waals surface area contributed by atoms with Gasteiger partial charge in [-0.1, -0.05) is 12.1 Å². The van der Waals surface area contributed by atoms with Crippen molar-refractivity contribution in [3.05, 3.63) is 35.5 Å². The second kappa shape index (κ2) is 6.60. The van der Waals surface area contributed by atoms with E-state index >= 15 is 0 Å². The summed E-state index contributed by atoms with van der Waals surface area (Å²) in [6, 6.07) is 7.65. The Hall–Kier alpha value is -1.81. The standard InChI is InChI=1S/C20H27N3O/c1-13-3-2-4-18-20(13)15(12-22-18)7-8-21-19(24)11-14-9-16-5-6-17(10-14)23-16/h2-4,12,14,16-17,22-23H,5-11H2,1H3,(H,21,24). The molecule has 1 amide bonds. The zero-order valence-electron chi connectivity index (χ0n) is 14.4. The molecule has 2 atom stereocenters. The summed E-state index contributed by atoms with van der Waals surface area (Å²) in [6.07, 6.45) is 8.59. The minimum absolute atomic E-state index is 0.220. The summed E-state index contributed by atoms with van der Waals surface area (Å²) in [5.41, 5.74) is 3.77. The van der Waals surface area contributed by atoms with Crippen molar-refractivity contribution in [2.24, 2.45) is 5.92 Å². The molecule has 0 radical (unpaired) electrons. The first kappa shape index (κ1) is 15.7. The summed E-state index contributed by atoms with van der Waals surface area (Å²) in [5, 5.41) is 8.08. The third-order valence-corrected chi connectivity index (χ3v) is 5.76. The molecule has 0 saturated carbocycles. The van der Waals surface area contributed by atoms with E-state index in [0.717, 1.165) is 13.0 Å². The van der Waals surface area contributed by atoms with E-state index in [-0.39, 0.29) is 5.91 Å². The molecule has 2 aliphatic rings. The normalized spacial score (nSPS) is 26.0. The van der Waals surface area contributed by atoms with Crippen LogP contribution in [0.2, 0.25) is 0 Å². The molecule has 1 aromatic carbocycles. The second-order valence-corrected chi connectivity index (χ2v) is 7.59. The molecule has 0 aliphatic carbocycles. The van der Waals surface area contributed by atoms with Crippen LogP contribution in [0, 0.1) is 12.8 Å². The van der Waals surface area contributed by atoms with Crippen molar-refractivity contribution >= 4 is 16.8 Å². The lowest BCUT2D eigenvalue weighted by atomic mass is 9.89. The van der Waals surface area contributed by atoms with Gasteiger partial charge in [0.15, 0.2) is 0 Å². The number of H-pyrrole nitrogens is 1. The average molecular weight is 325 g/mol. The van der Waals surface area contributed by atoms with Crippen LogP contribution in [0.3, 0.4) is 0 Å². The van der Waals surface area contributed by atoms with Gasteiger partial charge in [0.25, 0.3) is 0 Å². The van der Waals surface area contributed by atoms with Gasteiger partial charge in [-0.3, -0.25) is 4.79 Å². The van der Waals surface area contributed by atoms with Crippen molar-refractivity contribution in [1.82, 2.24) is 15.6 Å². The summed E-state index contributed by atoms with van der Waals surface area (Å²) >= 11 is 0. The average Bonchev–Trinajstić information content (AvgIpc) is 3.12. The van der Waals surface area contributed by atoms with Gasteiger partial charge < -0.3 is 15.6 Å². The highest BCUT2D eigenvalue weighted by Crippen LogP contribution is 2.32. The summed E-state index contributed by atoms with van der Waals surface area (Å²) in [5.74, 6) is 0.789. The van der Waals surface area contributed by atoms with E-state index in [1.54, 1.807) is 0 Å². The molecule has 0 spiro atoms. The molecule has 24 heavy (non-hydrogen) atoms. The SMILES string of the molecule is Cc1cccc2[nH]cc(CCNC(=O)CC3CC4CCC(C3)N4)c12. The van der Waals surface area contributed by atoms with Gasteiger partial charge >= 0.3 is 0 Å². The molecule has 2 fully saturated rings. The quantitative estimate of drug-likeness (QED) is 0.791. The van der Waals surface area contributed by atoms with Crippen LogP contribution in [0.1, 0.15) is 43.2 Å². The van der Waals surface area contributed by atoms with Gasteiger partial charge in [0.05, 0.1) is 0 Å². The lowest BCUT2D eigenvalue weighted by Crippen LogP contribution is -2.39. The number of nitrogens with one attached hydrogen (secondary N) is 3. The number of aromatic nitrogens is 1. The number of carbonyl (C=O) groups is 1. The minimum atomic E-state index is 0.220. The number of rotatable bonds is 5. The summed E-state index contributed by atoms with van der Waals surface area (Å²) < 4.78 is 0. The van der Waals surface area contributed by atoms with E-state index in [1.807, 2.05) is 0 Å². The van der Waals surface area contributed by atoms with E-state index in [4.69, 9.17) is 0 Å². The Balaban J connectivity index is 1.28. The number of carbonyl (C=O) groups excluding carboxylic acids is 1. The fraction of sp³-hybridized carbons (Fsp3) is 0.550. The summed E-state index contributed by atoms with van der Waals surface area (Å²) in [6.45, 7) is 2.86. The number of aromatic amines is 1. The smallest absolute Gasteiger partial charge is 0.220 e. The molecule has 2 unspecified atom stereocenters.